The molecule has 0 spiro atoms. The van der Waals surface area contributed by atoms with Crippen molar-refractivity contribution in [2.75, 3.05) is 18.2 Å². The topological polar surface area (TPSA) is 72.5 Å². The first-order valence-electron chi connectivity index (χ1n) is 7.97. The highest BCUT2D eigenvalue weighted by Crippen LogP contribution is 2.22. The maximum atomic E-state index is 13.0. The van der Waals surface area contributed by atoms with Crippen LogP contribution in [-0.2, 0) is 14.3 Å². The van der Waals surface area contributed by atoms with E-state index >= 15 is 0 Å². The largest absolute Gasteiger partial charge is 0.456 e. The lowest BCUT2D eigenvalue weighted by Crippen LogP contribution is -2.21. The van der Waals surface area contributed by atoms with E-state index in [1.165, 1.54) is 6.07 Å². The molecule has 2 aromatic carbocycles. The first-order chi connectivity index (χ1) is 12.9. The van der Waals surface area contributed by atoms with Crippen LogP contribution in [0.5, 0.6) is 0 Å². The fraction of sp³-hybridized carbons (Fsp3) is 0.211. The van der Waals surface area contributed by atoms with Crippen LogP contribution < -0.4 is 5.32 Å². The minimum atomic E-state index is -0.663. The van der Waals surface area contributed by atoms with Crippen LogP contribution in [0.25, 0.3) is 0 Å². The second-order valence-electron chi connectivity index (χ2n) is 5.48. The Morgan fingerprint density at radius 2 is 1.81 bits per heavy atom. The normalized spacial score (nSPS) is 10.3. The molecule has 0 saturated carbocycles. The molecule has 0 heterocycles. The van der Waals surface area contributed by atoms with Crippen molar-refractivity contribution >= 4 is 46.7 Å². The molecular formula is C19H17ClFNO4S. The fourth-order valence-electron chi connectivity index (χ4n) is 2.13. The molecule has 0 aliphatic heterocycles. The highest BCUT2D eigenvalue weighted by molar-refractivity contribution is 7.98. The summed E-state index contributed by atoms with van der Waals surface area (Å²) in [6.45, 7) is -0.525. The van der Waals surface area contributed by atoms with E-state index in [1.54, 1.807) is 23.9 Å². The van der Waals surface area contributed by atoms with Gasteiger partial charge in [0.25, 0.3) is 5.91 Å². The summed E-state index contributed by atoms with van der Waals surface area (Å²) in [4.78, 5) is 36.6. The van der Waals surface area contributed by atoms with E-state index in [4.69, 9.17) is 16.3 Å². The van der Waals surface area contributed by atoms with Crippen LogP contribution in [0.4, 0.5) is 10.1 Å². The number of halogens is 2. The zero-order valence-corrected chi connectivity index (χ0v) is 16.0. The second-order valence-corrected chi connectivity index (χ2v) is 6.77. The average Bonchev–Trinajstić information content (AvgIpc) is 2.66. The number of benzene rings is 2. The second kappa shape index (κ2) is 10.1. The molecule has 0 aliphatic rings. The van der Waals surface area contributed by atoms with Crippen molar-refractivity contribution in [1.29, 1.82) is 0 Å². The van der Waals surface area contributed by atoms with Gasteiger partial charge in [-0.2, -0.15) is 0 Å². The van der Waals surface area contributed by atoms with Crippen molar-refractivity contribution in [3.8, 4) is 0 Å². The molecule has 27 heavy (non-hydrogen) atoms. The predicted octanol–water partition coefficient (Wildman–Crippen LogP) is 4.35. The van der Waals surface area contributed by atoms with Crippen molar-refractivity contribution in [2.45, 2.75) is 17.7 Å². The average molecular weight is 410 g/mol. The molecule has 0 atom stereocenters. The van der Waals surface area contributed by atoms with Gasteiger partial charge in [-0.25, -0.2) is 4.39 Å². The van der Waals surface area contributed by atoms with Gasteiger partial charge >= 0.3 is 5.97 Å². The summed E-state index contributed by atoms with van der Waals surface area (Å²) in [7, 11) is 0. The summed E-state index contributed by atoms with van der Waals surface area (Å²) < 4.78 is 17.8. The van der Waals surface area contributed by atoms with Crippen LogP contribution in [0.2, 0.25) is 5.02 Å². The van der Waals surface area contributed by atoms with Gasteiger partial charge in [0.15, 0.2) is 12.4 Å². The molecule has 0 aromatic heterocycles. The molecule has 8 heteroatoms. The number of carbonyl (C=O) groups is 3. The summed E-state index contributed by atoms with van der Waals surface area (Å²) in [5, 5.41) is 2.45. The van der Waals surface area contributed by atoms with Gasteiger partial charge in [-0.15, -0.1) is 11.8 Å². The number of ether oxygens (including phenoxy) is 1. The number of Topliss-reactive ketones (excluding diaryl/α,β-unsaturated/α-hetero) is 1. The van der Waals surface area contributed by atoms with Crippen molar-refractivity contribution < 1.29 is 23.5 Å². The molecule has 2 rings (SSSR count). The van der Waals surface area contributed by atoms with E-state index < -0.39 is 24.3 Å². The molecule has 5 nitrogen and oxygen atoms in total. The molecule has 0 fully saturated rings. The predicted molar refractivity (Wildman–Crippen MR) is 103 cm³/mol. The highest BCUT2D eigenvalue weighted by atomic mass is 35.5. The van der Waals surface area contributed by atoms with Gasteiger partial charge in [0.05, 0.1) is 17.1 Å². The molecule has 0 unspecified atom stereocenters. The van der Waals surface area contributed by atoms with Crippen LogP contribution in [0.1, 0.15) is 23.2 Å². The monoisotopic (exact) mass is 409 g/mol. The summed E-state index contributed by atoms with van der Waals surface area (Å²) in [6, 6.07) is 10.6. The summed E-state index contributed by atoms with van der Waals surface area (Å²) in [6.07, 6.45) is 1.80. The molecular weight excluding hydrogens is 393 g/mol. The lowest BCUT2D eigenvalue weighted by atomic mass is 10.1. The van der Waals surface area contributed by atoms with E-state index in [9.17, 15) is 18.8 Å². The number of carbonyl (C=O) groups excluding carboxylic acids is 3. The lowest BCUT2D eigenvalue weighted by molar-refractivity contribution is -0.147. The number of hydrogen-bond acceptors (Lipinski definition) is 5. The van der Waals surface area contributed by atoms with Crippen LogP contribution in [-0.4, -0.2) is 30.5 Å². The Morgan fingerprint density at radius 1 is 1.11 bits per heavy atom. The van der Waals surface area contributed by atoms with Crippen LogP contribution in [0.3, 0.4) is 0 Å². The van der Waals surface area contributed by atoms with E-state index in [-0.39, 0.29) is 29.3 Å². The lowest BCUT2D eigenvalue weighted by Gasteiger charge is -2.08. The van der Waals surface area contributed by atoms with Gasteiger partial charge in [0.1, 0.15) is 5.82 Å². The van der Waals surface area contributed by atoms with Crippen LogP contribution in [0.15, 0.2) is 47.4 Å². The standard InChI is InChI=1S/C19H17ClFNO4S/c1-27-14-5-2-12(3-6-14)17(23)8-9-19(25)26-11-18(24)22-16-7-4-13(21)10-15(16)20/h2-7,10H,8-9,11H2,1H3,(H,22,24). The van der Waals surface area contributed by atoms with Crippen molar-refractivity contribution in [1.82, 2.24) is 0 Å². The molecule has 2 aromatic rings. The molecule has 0 bridgehead atoms. The number of anilines is 1. The smallest absolute Gasteiger partial charge is 0.306 e. The van der Waals surface area contributed by atoms with E-state index in [0.29, 0.717) is 5.56 Å². The molecule has 142 valence electrons. The Kier molecular flexibility index (Phi) is 7.82. The van der Waals surface area contributed by atoms with Gasteiger partial charge in [0, 0.05) is 16.9 Å². The van der Waals surface area contributed by atoms with Gasteiger partial charge < -0.3 is 10.1 Å². The van der Waals surface area contributed by atoms with Crippen molar-refractivity contribution in [3.63, 3.8) is 0 Å². The number of ketones is 1. The third kappa shape index (κ3) is 6.69. The minimum Gasteiger partial charge on any atom is -0.456 e. The number of amides is 1. The molecule has 1 amide bonds. The Hall–Kier alpha value is -2.38. The van der Waals surface area contributed by atoms with E-state index in [1.807, 2.05) is 18.4 Å². The zero-order chi connectivity index (χ0) is 19.8. The number of esters is 1. The number of hydrogen-bond donors (Lipinski definition) is 1. The van der Waals surface area contributed by atoms with Gasteiger partial charge in [-0.1, -0.05) is 23.7 Å². The van der Waals surface area contributed by atoms with E-state index in [2.05, 4.69) is 5.32 Å². The van der Waals surface area contributed by atoms with Crippen LogP contribution >= 0.6 is 23.4 Å². The fourth-order valence-corrected chi connectivity index (χ4v) is 2.75. The number of thioether (sulfide) groups is 1. The number of rotatable bonds is 8. The number of nitrogens with one attached hydrogen (secondary N) is 1. The van der Waals surface area contributed by atoms with Crippen LogP contribution in [0, 0.1) is 5.82 Å². The Balaban J connectivity index is 1.74. The maximum Gasteiger partial charge on any atom is 0.306 e. The molecule has 0 aliphatic carbocycles. The first-order valence-corrected chi connectivity index (χ1v) is 9.57. The van der Waals surface area contributed by atoms with E-state index in [0.717, 1.165) is 17.0 Å². The minimum absolute atomic E-state index is 0.0111. The Labute approximate surface area is 165 Å². The Bertz CT molecular complexity index is 842. The van der Waals surface area contributed by atoms with Gasteiger partial charge in [-0.3, -0.25) is 14.4 Å². The SMILES string of the molecule is CSc1ccc(C(=O)CCC(=O)OCC(=O)Nc2ccc(F)cc2Cl)cc1. The highest BCUT2D eigenvalue weighted by Gasteiger charge is 2.13. The summed E-state index contributed by atoms with van der Waals surface area (Å²) in [5.74, 6) is -1.99. The first kappa shape index (κ1) is 20.9. The quantitative estimate of drug-likeness (QED) is 0.398. The Morgan fingerprint density at radius 3 is 2.44 bits per heavy atom. The van der Waals surface area contributed by atoms with Gasteiger partial charge in [-0.05, 0) is 36.6 Å². The third-order valence-corrected chi connectivity index (χ3v) is 4.59. The molecule has 1 N–H and O–H groups in total. The van der Waals surface area contributed by atoms with Crippen molar-refractivity contribution in [3.05, 3.63) is 58.9 Å². The van der Waals surface area contributed by atoms with Crippen molar-refractivity contribution in [2.24, 2.45) is 0 Å². The molecule has 0 saturated heterocycles. The maximum absolute atomic E-state index is 13.0. The summed E-state index contributed by atoms with van der Waals surface area (Å²) in [5.41, 5.74) is 0.729. The zero-order valence-electron chi connectivity index (χ0n) is 14.5. The third-order valence-electron chi connectivity index (χ3n) is 3.54. The van der Waals surface area contributed by atoms with Gasteiger partial charge in [0.2, 0.25) is 0 Å². The summed E-state index contributed by atoms with van der Waals surface area (Å²) >= 11 is 7.37. The molecule has 0 radical (unpaired) electrons.